The van der Waals surface area contributed by atoms with Gasteiger partial charge in [-0.1, -0.05) is 13.0 Å². The molecule has 1 aromatic heterocycles. The molecule has 1 aliphatic heterocycles. The molecule has 0 aromatic carbocycles. The number of pyridine rings is 1. The molecule has 1 saturated heterocycles. The maximum absolute atomic E-state index is 12.0. The maximum Gasteiger partial charge on any atom is 0.328 e. The van der Waals surface area contributed by atoms with E-state index >= 15 is 0 Å². The highest BCUT2D eigenvalue weighted by Crippen LogP contribution is 2.33. The number of piperazine rings is 1. The number of aliphatic carboxylic acids is 1. The number of nitrogens with zero attached hydrogens (tertiary/aromatic N) is 3. The van der Waals surface area contributed by atoms with E-state index < -0.39 is 11.5 Å². The fraction of sp³-hybridized carbons (Fsp3) is 0.600. The third kappa shape index (κ3) is 2.55. The van der Waals surface area contributed by atoms with Gasteiger partial charge in [0, 0.05) is 43.6 Å². The average Bonchev–Trinajstić information content (AvgIpc) is 2.43. The zero-order chi connectivity index (χ0) is 14.8. The molecule has 1 N–H and O–H groups in total. The van der Waals surface area contributed by atoms with Crippen molar-refractivity contribution < 1.29 is 9.90 Å². The summed E-state index contributed by atoms with van der Waals surface area (Å²) < 4.78 is 0. The summed E-state index contributed by atoms with van der Waals surface area (Å²) in [4.78, 5) is 20.6. The van der Waals surface area contributed by atoms with Gasteiger partial charge >= 0.3 is 5.97 Å². The fourth-order valence-electron chi connectivity index (χ4n) is 2.92. The second kappa shape index (κ2) is 5.89. The molecule has 2 rings (SSSR count). The average molecular weight is 277 g/mol. The van der Waals surface area contributed by atoms with Gasteiger partial charge in [-0.3, -0.25) is 9.88 Å². The van der Waals surface area contributed by atoms with Crippen LogP contribution in [0.1, 0.15) is 24.6 Å². The minimum absolute atomic E-state index is 0.538. The third-order valence-electron chi connectivity index (χ3n) is 4.30. The molecule has 1 aromatic rings. The van der Waals surface area contributed by atoms with E-state index in [1.165, 1.54) is 0 Å². The van der Waals surface area contributed by atoms with E-state index in [1.807, 2.05) is 26.0 Å². The molecule has 0 bridgehead atoms. The summed E-state index contributed by atoms with van der Waals surface area (Å²) in [5, 5.41) is 9.88. The van der Waals surface area contributed by atoms with E-state index in [0.717, 1.165) is 37.4 Å². The van der Waals surface area contributed by atoms with Crippen LogP contribution in [0.15, 0.2) is 18.3 Å². The van der Waals surface area contributed by atoms with E-state index in [2.05, 4.69) is 21.8 Å². The van der Waals surface area contributed by atoms with Gasteiger partial charge in [-0.25, -0.2) is 4.79 Å². The molecule has 110 valence electrons. The van der Waals surface area contributed by atoms with Gasteiger partial charge in [-0.15, -0.1) is 0 Å². The van der Waals surface area contributed by atoms with Crippen LogP contribution in [0, 0.1) is 6.92 Å². The van der Waals surface area contributed by atoms with Gasteiger partial charge in [0.2, 0.25) is 0 Å². The number of rotatable bonds is 4. The van der Waals surface area contributed by atoms with E-state index in [4.69, 9.17) is 0 Å². The Morgan fingerprint density at radius 3 is 2.45 bits per heavy atom. The number of aryl methyl sites for hydroxylation is 1. The van der Waals surface area contributed by atoms with Gasteiger partial charge in [0.25, 0.3) is 0 Å². The minimum atomic E-state index is -0.956. The zero-order valence-electron chi connectivity index (χ0n) is 12.5. The van der Waals surface area contributed by atoms with Gasteiger partial charge < -0.3 is 10.0 Å². The van der Waals surface area contributed by atoms with Gasteiger partial charge in [-0.2, -0.15) is 0 Å². The highest BCUT2D eigenvalue weighted by Gasteiger charge is 2.45. The van der Waals surface area contributed by atoms with Crippen LogP contribution in [0.3, 0.4) is 0 Å². The van der Waals surface area contributed by atoms with E-state index in [1.54, 1.807) is 6.20 Å². The lowest BCUT2D eigenvalue weighted by Gasteiger charge is -2.44. The monoisotopic (exact) mass is 277 g/mol. The van der Waals surface area contributed by atoms with Crippen molar-refractivity contribution in [3.63, 3.8) is 0 Å². The summed E-state index contributed by atoms with van der Waals surface area (Å²) >= 11 is 0. The first-order chi connectivity index (χ1) is 9.50. The van der Waals surface area contributed by atoms with Crippen LogP contribution in [0.5, 0.6) is 0 Å². The first-order valence-electron chi connectivity index (χ1n) is 7.11. The third-order valence-corrected chi connectivity index (χ3v) is 4.30. The van der Waals surface area contributed by atoms with Gasteiger partial charge in [0.1, 0.15) is 5.54 Å². The van der Waals surface area contributed by atoms with Crippen LogP contribution in [0.2, 0.25) is 0 Å². The second-order valence-electron chi connectivity index (χ2n) is 5.50. The normalized spacial score (nSPS) is 20.6. The predicted octanol–water partition coefficient (Wildman–Crippen LogP) is 1.33. The largest absolute Gasteiger partial charge is 0.480 e. The van der Waals surface area contributed by atoms with Crippen LogP contribution < -0.4 is 0 Å². The lowest BCUT2D eigenvalue weighted by Crippen LogP contribution is -2.58. The molecule has 5 heteroatoms. The van der Waals surface area contributed by atoms with Crippen molar-refractivity contribution in [1.82, 2.24) is 14.8 Å². The van der Waals surface area contributed by atoms with Crippen molar-refractivity contribution in [2.75, 3.05) is 33.2 Å². The molecular formula is C15H23N3O2. The lowest BCUT2D eigenvalue weighted by molar-refractivity contribution is -0.154. The van der Waals surface area contributed by atoms with Crippen molar-refractivity contribution in [3.8, 4) is 0 Å². The number of carbonyl (C=O) groups is 1. The van der Waals surface area contributed by atoms with E-state index in [0.29, 0.717) is 6.42 Å². The standard InChI is InChI=1S/C15H23N3O2/c1-4-15(14(19)20,13-6-5-12(2)16-11-13)18-9-7-17(3)8-10-18/h5-6,11H,4,7-10H2,1-3H3,(H,19,20). The van der Waals surface area contributed by atoms with Crippen LogP contribution in [0.4, 0.5) is 0 Å². The lowest BCUT2D eigenvalue weighted by atomic mass is 9.85. The van der Waals surface area contributed by atoms with E-state index in [-0.39, 0.29) is 0 Å². The molecule has 0 spiro atoms. The Morgan fingerprint density at radius 2 is 2.00 bits per heavy atom. The first kappa shape index (κ1) is 14.9. The first-order valence-corrected chi connectivity index (χ1v) is 7.11. The molecule has 1 aliphatic rings. The van der Waals surface area contributed by atoms with Gasteiger partial charge in [-0.05, 0) is 26.5 Å². The number of aromatic nitrogens is 1. The smallest absolute Gasteiger partial charge is 0.328 e. The molecule has 20 heavy (non-hydrogen) atoms. The molecule has 1 fully saturated rings. The Bertz CT molecular complexity index is 467. The maximum atomic E-state index is 12.0. The van der Waals surface area contributed by atoms with Gasteiger partial charge in [0.05, 0.1) is 0 Å². The molecule has 0 saturated carbocycles. The van der Waals surface area contributed by atoms with Crippen LogP contribution in [-0.2, 0) is 10.3 Å². The number of hydrogen-bond donors (Lipinski definition) is 1. The van der Waals surface area contributed by atoms with Crippen molar-refractivity contribution >= 4 is 5.97 Å². The Morgan fingerprint density at radius 1 is 1.35 bits per heavy atom. The summed E-state index contributed by atoms with van der Waals surface area (Å²) in [6, 6.07) is 3.79. The molecule has 1 unspecified atom stereocenters. The minimum Gasteiger partial charge on any atom is -0.480 e. The van der Waals surface area contributed by atoms with Crippen LogP contribution in [-0.4, -0.2) is 59.1 Å². The molecule has 2 heterocycles. The SMILES string of the molecule is CCC(C(=O)O)(c1ccc(C)nc1)N1CCN(C)CC1. The Labute approximate surface area is 120 Å². The number of hydrogen-bond acceptors (Lipinski definition) is 4. The fourth-order valence-corrected chi connectivity index (χ4v) is 2.92. The Hall–Kier alpha value is -1.46. The Kier molecular flexibility index (Phi) is 4.40. The summed E-state index contributed by atoms with van der Waals surface area (Å²) in [6.07, 6.45) is 2.25. The molecular weight excluding hydrogens is 254 g/mol. The van der Waals surface area contributed by atoms with Crippen LogP contribution >= 0.6 is 0 Å². The number of carboxylic acid groups (broad SMARTS) is 1. The quantitative estimate of drug-likeness (QED) is 0.899. The molecule has 5 nitrogen and oxygen atoms in total. The van der Waals surface area contributed by atoms with Gasteiger partial charge in [0.15, 0.2) is 0 Å². The van der Waals surface area contributed by atoms with Crippen molar-refractivity contribution in [2.24, 2.45) is 0 Å². The number of carboxylic acids is 1. The highest BCUT2D eigenvalue weighted by molar-refractivity contribution is 5.80. The van der Waals surface area contributed by atoms with E-state index in [9.17, 15) is 9.90 Å². The highest BCUT2D eigenvalue weighted by atomic mass is 16.4. The predicted molar refractivity (Wildman–Crippen MR) is 77.6 cm³/mol. The van der Waals surface area contributed by atoms with Crippen molar-refractivity contribution in [2.45, 2.75) is 25.8 Å². The number of likely N-dealkylation sites (N-methyl/N-ethyl adjacent to an activating group) is 1. The summed E-state index contributed by atoms with van der Waals surface area (Å²) in [6.45, 7) is 7.18. The Balaban J connectivity index is 2.39. The summed E-state index contributed by atoms with van der Waals surface area (Å²) in [7, 11) is 2.07. The van der Waals surface area contributed by atoms with Crippen molar-refractivity contribution in [1.29, 1.82) is 0 Å². The topological polar surface area (TPSA) is 56.7 Å². The summed E-state index contributed by atoms with van der Waals surface area (Å²) in [5.41, 5.74) is 0.729. The van der Waals surface area contributed by atoms with Crippen molar-refractivity contribution in [3.05, 3.63) is 29.6 Å². The van der Waals surface area contributed by atoms with Crippen LogP contribution in [0.25, 0.3) is 0 Å². The second-order valence-corrected chi connectivity index (χ2v) is 5.50. The molecule has 0 radical (unpaired) electrons. The molecule has 0 amide bonds. The molecule has 0 aliphatic carbocycles. The zero-order valence-corrected chi connectivity index (χ0v) is 12.5. The molecule has 1 atom stereocenters. The summed E-state index contributed by atoms with van der Waals surface area (Å²) in [5.74, 6) is -0.782.